The molecular weight excluding hydrogens is 404 g/mol. The summed E-state index contributed by atoms with van der Waals surface area (Å²) in [4.78, 5) is 30.8. The minimum atomic E-state index is -0.170. The number of esters is 1. The van der Waals surface area contributed by atoms with Crippen LogP contribution >= 0.6 is 11.8 Å². The predicted octanol–water partition coefficient (Wildman–Crippen LogP) is 4.44. The Kier molecular flexibility index (Phi) is 6.13. The molecule has 1 aliphatic heterocycles. The molecule has 7 nitrogen and oxygen atoms in total. The van der Waals surface area contributed by atoms with Gasteiger partial charge in [-0.05, 0) is 56.5 Å². The number of carbonyl (C=O) groups is 2. The van der Waals surface area contributed by atoms with Gasteiger partial charge in [0.05, 0.1) is 18.3 Å². The molecule has 0 spiro atoms. The average molecular weight is 429 g/mol. The van der Waals surface area contributed by atoms with Crippen LogP contribution in [0.25, 0.3) is 11.1 Å². The van der Waals surface area contributed by atoms with Crippen LogP contribution in [0.3, 0.4) is 0 Å². The summed E-state index contributed by atoms with van der Waals surface area (Å²) in [5.41, 5.74) is 2.72. The fourth-order valence-electron chi connectivity index (χ4n) is 3.52. The van der Waals surface area contributed by atoms with E-state index < -0.39 is 0 Å². The van der Waals surface area contributed by atoms with Crippen molar-refractivity contribution in [3.05, 3.63) is 47.4 Å². The molecule has 4 rings (SSSR count). The Morgan fingerprint density at radius 3 is 2.77 bits per heavy atom. The van der Waals surface area contributed by atoms with Gasteiger partial charge in [0, 0.05) is 13.1 Å². The van der Waals surface area contributed by atoms with E-state index in [0.29, 0.717) is 55.0 Å². The highest BCUT2D eigenvalue weighted by atomic mass is 32.2. The van der Waals surface area contributed by atoms with E-state index in [0.717, 1.165) is 16.7 Å². The highest BCUT2D eigenvalue weighted by molar-refractivity contribution is 7.98. The van der Waals surface area contributed by atoms with Crippen molar-refractivity contribution in [2.24, 2.45) is 5.92 Å². The smallest absolute Gasteiger partial charge is 0.309 e. The fraction of sp³-hybridized carbons (Fsp3) is 0.409. The molecule has 1 aliphatic rings. The first-order chi connectivity index (χ1) is 14.5. The number of piperidine rings is 1. The van der Waals surface area contributed by atoms with Crippen LogP contribution in [-0.2, 0) is 15.3 Å². The lowest BCUT2D eigenvalue weighted by molar-refractivity contribution is -0.149. The molecule has 1 amide bonds. The summed E-state index contributed by atoms with van der Waals surface area (Å²) in [7, 11) is 0. The van der Waals surface area contributed by atoms with Crippen LogP contribution in [0.4, 0.5) is 0 Å². The molecule has 1 saturated heterocycles. The van der Waals surface area contributed by atoms with Crippen LogP contribution in [0, 0.1) is 12.8 Å². The maximum Gasteiger partial charge on any atom is 0.309 e. The first-order valence-corrected chi connectivity index (χ1v) is 11.1. The number of furan rings is 1. The molecule has 0 atom stereocenters. The Bertz CT molecular complexity index is 1050. The number of ether oxygens (including phenoxy) is 1. The first kappa shape index (κ1) is 20.5. The number of carbonyl (C=O) groups excluding carboxylic acids is 2. The second kappa shape index (κ2) is 8.95. The maximum atomic E-state index is 12.7. The average Bonchev–Trinajstić information content (AvgIpc) is 3.38. The third kappa shape index (κ3) is 4.53. The van der Waals surface area contributed by atoms with Gasteiger partial charge in [0.2, 0.25) is 0 Å². The van der Waals surface area contributed by atoms with Crippen LogP contribution in [0.15, 0.2) is 44.4 Å². The summed E-state index contributed by atoms with van der Waals surface area (Å²) in [5.74, 6) is 1.07. The SMILES string of the molecule is CCOC(=O)C1CCN(C(=O)c2ccc(CSc3nc4cc(C)ccc4o3)o2)CC1. The largest absolute Gasteiger partial charge is 0.466 e. The number of thioether (sulfide) groups is 1. The molecule has 1 aromatic carbocycles. The van der Waals surface area contributed by atoms with E-state index in [9.17, 15) is 9.59 Å². The number of rotatable bonds is 6. The van der Waals surface area contributed by atoms with Gasteiger partial charge in [-0.2, -0.15) is 0 Å². The third-order valence-electron chi connectivity index (χ3n) is 5.14. The lowest BCUT2D eigenvalue weighted by Crippen LogP contribution is -2.40. The quantitative estimate of drug-likeness (QED) is 0.424. The molecule has 30 heavy (non-hydrogen) atoms. The minimum absolute atomic E-state index is 0.127. The van der Waals surface area contributed by atoms with Crippen molar-refractivity contribution in [3.8, 4) is 0 Å². The Morgan fingerprint density at radius 1 is 1.20 bits per heavy atom. The Balaban J connectivity index is 1.32. The van der Waals surface area contributed by atoms with Gasteiger partial charge < -0.3 is 18.5 Å². The topological polar surface area (TPSA) is 85.8 Å². The van der Waals surface area contributed by atoms with Gasteiger partial charge in [-0.15, -0.1) is 0 Å². The molecule has 0 aliphatic carbocycles. The van der Waals surface area contributed by atoms with Crippen LogP contribution in [0.1, 0.15) is 41.6 Å². The van der Waals surface area contributed by atoms with Crippen molar-refractivity contribution >= 4 is 34.7 Å². The summed E-state index contributed by atoms with van der Waals surface area (Å²) in [6.45, 7) is 5.25. The van der Waals surface area contributed by atoms with E-state index in [1.807, 2.05) is 25.1 Å². The van der Waals surface area contributed by atoms with Crippen molar-refractivity contribution in [2.75, 3.05) is 19.7 Å². The van der Waals surface area contributed by atoms with Crippen molar-refractivity contribution in [1.82, 2.24) is 9.88 Å². The molecule has 0 N–H and O–H groups in total. The number of hydrogen-bond donors (Lipinski definition) is 0. The van der Waals surface area contributed by atoms with E-state index in [1.54, 1.807) is 24.0 Å². The van der Waals surface area contributed by atoms with E-state index in [2.05, 4.69) is 4.98 Å². The van der Waals surface area contributed by atoms with Gasteiger partial charge in [0.15, 0.2) is 11.3 Å². The monoisotopic (exact) mass is 428 g/mol. The molecule has 8 heteroatoms. The Hall–Kier alpha value is -2.74. The predicted molar refractivity (Wildman–Crippen MR) is 112 cm³/mol. The Morgan fingerprint density at radius 2 is 2.00 bits per heavy atom. The highest BCUT2D eigenvalue weighted by Crippen LogP contribution is 2.28. The number of fused-ring (bicyclic) bond motifs is 1. The summed E-state index contributed by atoms with van der Waals surface area (Å²) in [5, 5.41) is 0.570. The molecular formula is C22H24N2O5S. The molecule has 3 aromatic rings. The van der Waals surface area contributed by atoms with Gasteiger partial charge in [-0.25, -0.2) is 4.98 Å². The summed E-state index contributed by atoms with van der Waals surface area (Å²) < 4.78 is 16.6. The fourth-order valence-corrected chi connectivity index (χ4v) is 4.25. The number of hydrogen-bond acceptors (Lipinski definition) is 7. The van der Waals surface area contributed by atoms with Crippen molar-refractivity contribution < 1.29 is 23.2 Å². The third-order valence-corrected chi connectivity index (χ3v) is 5.99. The molecule has 3 heterocycles. The van der Waals surface area contributed by atoms with E-state index in [-0.39, 0.29) is 17.8 Å². The van der Waals surface area contributed by atoms with Gasteiger partial charge in [-0.3, -0.25) is 9.59 Å². The molecule has 0 unspecified atom stereocenters. The zero-order valence-electron chi connectivity index (χ0n) is 17.1. The van der Waals surface area contributed by atoms with Gasteiger partial charge >= 0.3 is 5.97 Å². The Labute approximate surface area is 178 Å². The van der Waals surface area contributed by atoms with Crippen LogP contribution < -0.4 is 0 Å². The molecule has 0 saturated carbocycles. The summed E-state index contributed by atoms with van der Waals surface area (Å²) in [6.07, 6.45) is 1.23. The van der Waals surface area contributed by atoms with Gasteiger partial charge in [-0.1, -0.05) is 17.8 Å². The number of amides is 1. The number of nitrogens with zero attached hydrogens (tertiary/aromatic N) is 2. The lowest BCUT2D eigenvalue weighted by Gasteiger charge is -2.30. The van der Waals surface area contributed by atoms with Gasteiger partial charge in [0.25, 0.3) is 11.1 Å². The van der Waals surface area contributed by atoms with E-state index in [1.165, 1.54) is 11.8 Å². The lowest BCUT2D eigenvalue weighted by atomic mass is 9.97. The molecule has 0 radical (unpaired) electrons. The minimum Gasteiger partial charge on any atom is -0.466 e. The zero-order valence-corrected chi connectivity index (χ0v) is 17.9. The van der Waals surface area contributed by atoms with Crippen molar-refractivity contribution in [2.45, 2.75) is 37.7 Å². The molecule has 2 aromatic heterocycles. The second-order valence-electron chi connectivity index (χ2n) is 7.32. The zero-order chi connectivity index (χ0) is 21.1. The number of oxazole rings is 1. The van der Waals surface area contributed by atoms with Crippen molar-refractivity contribution in [1.29, 1.82) is 0 Å². The highest BCUT2D eigenvalue weighted by Gasteiger charge is 2.29. The van der Waals surface area contributed by atoms with Crippen LogP contribution in [0.2, 0.25) is 0 Å². The number of aromatic nitrogens is 1. The molecule has 158 valence electrons. The molecule has 1 fully saturated rings. The summed E-state index contributed by atoms with van der Waals surface area (Å²) >= 11 is 1.43. The normalized spacial score (nSPS) is 14.9. The first-order valence-electron chi connectivity index (χ1n) is 10.1. The standard InChI is InChI=1S/C22H24N2O5S/c1-3-27-21(26)15-8-10-24(11-9-15)20(25)19-7-5-16(28-19)13-30-22-23-17-12-14(2)4-6-18(17)29-22/h4-7,12,15H,3,8-11,13H2,1-2H3. The number of aryl methyl sites for hydroxylation is 1. The van der Waals surface area contributed by atoms with Crippen molar-refractivity contribution in [3.63, 3.8) is 0 Å². The van der Waals surface area contributed by atoms with Gasteiger partial charge in [0.1, 0.15) is 11.3 Å². The number of likely N-dealkylation sites (tertiary alicyclic amines) is 1. The molecule has 0 bridgehead atoms. The summed E-state index contributed by atoms with van der Waals surface area (Å²) in [6, 6.07) is 9.39. The number of benzene rings is 1. The second-order valence-corrected chi connectivity index (χ2v) is 8.25. The van der Waals surface area contributed by atoms with E-state index >= 15 is 0 Å². The maximum absolute atomic E-state index is 12.7. The van der Waals surface area contributed by atoms with E-state index in [4.69, 9.17) is 13.6 Å². The van der Waals surface area contributed by atoms with Crippen LogP contribution in [-0.4, -0.2) is 41.5 Å². The van der Waals surface area contributed by atoms with Crippen LogP contribution in [0.5, 0.6) is 0 Å².